The number of sulfonamides is 1. The highest BCUT2D eigenvalue weighted by molar-refractivity contribution is 7.89. The van der Waals surface area contributed by atoms with Crippen molar-refractivity contribution >= 4 is 10.0 Å². The SMILES string of the molecule is O=S1(=O)CCCN1CCOc1ccc(F)cc1. The Labute approximate surface area is 100 Å². The van der Waals surface area contributed by atoms with E-state index in [4.69, 9.17) is 4.74 Å². The maximum atomic E-state index is 12.6. The molecule has 6 heteroatoms. The topological polar surface area (TPSA) is 46.6 Å². The van der Waals surface area contributed by atoms with Crippen molar-refractivity contribution in [2.45, 2.75) is 6.42 Å². The number of hydrogen-bond donors (Lipinski definition) is 0. The zero-order chi connectivity index (χ0) is 12.3. The highest BCUT2D eigenvalue weighted by Gasteiger charge is 2.27. The van der Waals surface area contributed by atoms with Gasteiger partial charge in [0.05, 0.1) is 5.75 Å². The smallest absolute Gasteiger partial charge is 0.214 e. The number of halogens is 1. The first-order valence-electron chi connectivity index (χ1n) is 5.44. The maximum absolute atomic E-state index is 12.6. The van der Waals surface area contributed by atoms with Crippen molar-refractivity contribution in [2.24, 2.45) is 0 Å². The molecule has 0 unspecified atom stereocenters. The van der Waals surface area contributed by atoms with Gasteiger partial charge in [-0.2, -0.15) is 4.31 Å². The third-order valence-electron chi connectivity index (χ3n) is 2.63. The van der Waals surface area contributed by atoms with Crippen LogP contribution in [-0.2, 0) is 10.0 Å². The molecule has 0 aromatic heterocycles. The third-order valence-corrected chi connectivity index (χ3v) is 4.58. The summed E-state index contributed by atoms with van der Waals surface area (Å²) in [5.74, 6) is 0.450. The molecule has 0 aliphatic carbocycles. The van der Waals surface area contributed by atoms with Gasteiger partial charge in [-0.25, -0.2) is 12.8 Å². The van der Waals surface area contributed by atoms with Crippen molar-refractivity contribution in [1.29, 1.82) is 0 Å². The average molecular weight is 259 g/mol. The van der Waals surface area contributed by atoms with E-state index in [1.54, 1.807) is 0 Å². The lowest BCUT2D eigenvalue weighted by atomic mass is 10.3. The van der Waals surface area contributed by atoms with Gasteiger partial charge in [-0.1, -0.05) is 0 Å². The molecule has 1 fully saturated rings. The van der Waals surface area contributed by atoms with E-state index >= 15 is 0 Å². The molecule has 0 bridgehead atoms. The zero-order valence-electron chi connectivity index (χ0n) is 9.30. The second-order valence-corrected chi connectivity index (χ2v) is 5.96. The minimum atomic E-state index is -3.05. The van der Waals surface area contributed by atoms with Crippen LogP contribution in [0.15, 0.2) is 24.3 Å². The van der Waals surface area contributed by atoms with Crippen LogP contribution in [-0.4, -0.2) is 38.2 Å². The van der Waals surface area contributed by atoms with Gasteiger partial charge in [0.1, 0.15) is 18.2 Å². The van der Waals surface area contributed by atoms with Gasteiger partial charge in [-0.15, -0.1) is 0 Å². The molecule has 1 heterocycles. The van der Waals surface area contributed by atoms with Crippen LogP contribution in [0.5, 0.6) is 5.75 Å². The number of nitrogens with zero attached hydrogens (tertiary/aromatic N) is 1. The van der Waals surface area contributed by atoms with Crippen LogP contribution in [0.1, 0.15) is 6.42 Å². The van der Waals surface area contributed by atoms with Crippen molar-refractivity contribution in [1.82, 2.24) is 4.31 Å². The summed E-state index contributed by atoms with van der Waals surface area (Å²) in [6.07, 6.45) is 0.679. The van der Waals surface area contributed by atoms with Gasteiger partial charge in [0.2, 0.25) is 10.0 Å². The molecule has 1 aromatic carbocycles. The quantitative estimate of drug-likeness (QED) is 0.817. The summed E-state index contributed by atoms with van der Waals surface area (Å²) in [6.45, 7) is 1.19. The predicted octanol–water partition coefficient (Wildman–Crippen LogP) is 1.24. The molecule has 1 aromatic rings. The lowest BCUT2D eigenvalue weighted by Gasteiger charge is -2.14. The van der Waals surface area contributed by atoms with E-state index in [1.165, 1.54) is 28.6 Å². The molecule has 1 aliphatic heterocycles. The first-order valence-corrected chi connectivity index (χ1v) is 7.05. The molecule has 1 aliphatic rings. The van der Waals surface area contributed by atoms with Crippen LogP contribution in [0.4, 0.5) is 4.39 Å². The maximum Gasteiger partial charge on any atom is 0.214 e. The largest absolute Gasteiger partial charge is 0.492 e. The van der Waals surface area contributed by atoms with Crippen molar-refractivity contribution in [3.05, 3.63) is 30.1 Å². The normalized spacial score (nSPS) is 19.4. The average Bonchev–Trinajstić information content (AvgIpc) is 2.61. The number of benzene rings is 1. The Bertz CT molecular complexity index is 472. The van der Waals surface area contributed by atoms with Crippen molar-refractivity contribution < 1.29 is 17.5 Å². The van der Waals surface area contributed by atoms with Gasteiger partial charge in [-0.05, 0) is 30.7 Å². The molecule has 0 saturated carbocycles. The highest BCUT2D eigenvalue weighted by atomic mass is 32.2. The molecule has 0 N–H and O–H groups in total. The van der Waals surface area contributed by atoms with Crippen LogP contribution in [0, 0.1) is 5.82 Å². The van der Waals surface area contributed by atoms with Gasteiger partial charge in [0.25, 0.3) is 0 Å². The van der Waals surface area contributed by atoms with Crippen LogP contribution in [0.2, 0.25) is 0 Å². The Kier molecular flexibility index (Phi) is 3.63. The van der Waals surface area contributed by atoms with Crippen molar-refractivity contribution in [3.63, 3.8) is 0 Å². The van der Waals surface area contributed by atoms with Gasteiger partial charge in [-0.3, -0.25) is 0 Å². The fourth-order valence-electron chi connectivity index (χ4n) is 1.74. The summed E-state index contributed by atoms with van der Waals surface area (Å²) < 4.78 is 42.3. The van der Waals surface area contributed by atoms with E-state index in [0.717, 1.165) is 0 Å². The van der Waals surface area contributed by atoms with E-state index in [2.05, 4.69) is 0 Å². The summed E-state index contributed by atoms with van der Waals surface area (Å²) in [6, 6.07) is 5.66. The predicted molar refractivity (Wildman–Crippen MR) is 61.9 cm³/mol. The summed E-state index contributed by atoms with van der Waals surface area (Å²) in [7, 11) is -3.05. The summed E-state index contributed by atoms with van der Waals surface area (Å²) >= 11 is 0. The van der Waals surface area contributed by atoms with E-state index in [9.17, 15) is 12.8 Å². The van der Waals surface area contributed by atoms with Gasteiger partial charge < -0.3 is 4.74 Å². The first kappa shape index (κ1) is 12.3. The number of rotatable bonds is 4. The van der Waals surface area contributed by atoms with E-state index in [1.807, 2.05) is 0 Å². The molecule has 94 valence electrons. The van der Waals surface area contributed by atoms with E-state index in [0.29, 0.717) is 25.3 Å². The lowest BCUT2D eigenvalue weighted by Crippen LogP contribution is -2.30. The molecule has 0 amide bonds. The monoisotopic (exact) mass is 259 g/mol. The Morgan fingerprint density at radius 2 is 2.00 bits per heavy atom. The van der Waals surface area contributed by atoms with E-state index in [-0.39, 0.29) is 18.2 Å². The summed E-state index contributed by atoms with van der Waals surface area (Å²) in [4.78, 5) is 0. The van der Waals surface area contributed by atoms with Crippen molar-refractivity contribution in [2.75, 3.05) is 25.4 Å². The zero-order valence-corrected chi connectivity index (χ0v) is 10.1. The van der Waals surface area contributed by atoms with E-state index < -0.39 is 10.0 Å². The fourth-order valence-corrected chi connectivity index (χ4v) is 3.25. The summed E-state index contributed by atoms with van der Waals surface area (Å²) in [5, 5.41) is 0. The molecular formula is C11H14FNO3S. The number of ether oxygens (including phenoxy) is 1. The van der Waals surface area contributed by atoms with Crippen LogP contribution in [0.3, 0.4) is 0 Å². The molecule has 0 radical (unpaired) electrons. The summed E-state index contributed by atoms with van der Waals surface area (Å²) in [5.41, 5.74) is 0. The van der Waals surface area contributed by atoms with Crippen LogP contribution < -0.4 is 4.74 Å². The minimum Gasteiger partial charge on any atom is -0.492 e. The number of hydrogen-bond acceptors (Lipinski definition) is 3. The first-order chi connectivity index (χ1) is 8.08. The second kappa shape index (κ2) is 5.01. The van der Waals surface area contributed by atoms with Gasteiger partial charge >= 0.3 is 0 Å². The molecule has 1 saturated heterocycles. The molecule has 0 atom stereocenters. The molecule has 0 spiro atoms. The molecular weight excluding hydrogens is 245 g/mol. The van der Waals surface area contributed by atoms with Crippen LogP contribution in [0.25, 0.3) is 0 Å². The standard InChI is InChI=1S/C11H14FNO3S/c12-10-2-4-11(5-3-10)16-8-7-13-6-1-9-17(13,14)15/h2-5H,1,6-9H2. The Balaban J connectivity index is 1.82. The molecule has 4 nitrogen and oxygen atoms in total. The van der Waals surface area contributed by atoms with Gasteiger partial charge in [0, 0.05) is 13.1 Å². The highest BCUT2D eigenvalue weighted by Crippen LogP contribution is 2.14. The minimum absolute atomic E-state index is 0.226. The molecule has 2 rings (SSSR count). The Hall–Kier alpha value is -1.14. The van der Waals surface area contributed by atoms with Crippen molar-refractivity contribution in [3.8, 4) is 5.75 Å². The third kappa shape index (κ3) is 3.17. The van der Waals surface area contributed by atoms with Gasteiger partial charge in [0.15, 0.2) is 0 Å². The Morgan fingerprint density at radius 1 is 1.29 bits per heavy atom. The fraction of sp³-hybridized carbons (Fsp3) is 0.455. The Morgan fingerprint density at radius 3 is 2.59 bits per heavy atom. The molecule has 17 heavy (non-hydrogen) atoms. The second-order valence-electron chi connectivity index (χ2n) is 3.87. The van der Waals surface area contributed by atoms with Crippen LogP contribution >= 0.6 is 0 Å². The lowest BCUT2D eigenvalue weighted by molar-refractivity contribution is 0.279.